The number of anilines is 1. The van der Waals surface area contributed by atoms with Crippen LogP contribution in [0.5, 0.6) is 0 Å². The van der Waals surface area contributed by atoms with Crippen LogP contribution in [0.2, 0.25) is 0 Å². The molecular formula is C24H25F3N7Na. The van der Waals surface area contributed by atoms with Crippen LogP contribution >= 0.6 is 0 Å². The van der Waals surface area contributed by atoms with Crippen molar-refractivity contribution in [1.82, 2.24) is 30.6 Å². The van der Waals surface area contributed by atoms with E-state index in [1.165, 1.54) is 0 Å². The maximum atomic E-state index is 13.3. The predicted molar refractivity (Wildman–Crippen MR) is 130 cm³/mol. The van der Waals surface area contributed by atoms with Gasteiger partial charge in [-0.1, -0.05) is 68.8 Å². The molecule has 2 aromatic heterocycles. The number of nitrogens with one attached hydrogen (secondary N) is 2. The van der Waals surface area contributed by atoms with E-state index in [0.29, 0.717) is 30.9 Å². The molecule has 0 unspecified atom stereocenters. The Balaban J connectivity index is 0.00000342. The van der Waals surface area contributed by atoms with Crippen LogP contribution in [0.15, 0.2) is 48.5 Å². The molecule has 0 bridgehead atoms. The number of hydrogen-bond donors (Lipinski definition) is 2. The van der Waals surface area contributed by atoms with Crippen molar-refractivity contribution in [2.24, 2.45) is 0 Å². The summed E-state index contributed by atoms with van der Waals surface area (Å²) in [5.41, 5.74) is 4.89. The van der Waals surface area contributed by atoms with Gasteiger partial charge >= 0.3 is 35.7 Å². The first kappa shape index (κ1) is 26.8. The number of benzene rings is 2. The van der Waals surface area contributed by atoms with Crippen LogP contribution in [-0.2, 0) is 25.6 Å². The summed E-state index contributed by atoms with van der Waals surface area (Å²) in [5.74, 6) is -0.297. The van der Waals surface area contributed by atoms with Crippen molar-refractivity contribution in [3.05, 3.63) is 71.2 Å². The summed E-state index contributed by atoms with van der Waals surface area (Å²) in [5, 5.41) is 17.2. The second kappa shape index (κ2) is 11.7. The van der Waals surface area contributed by atoms with Gasteiger partial charge in [0.1, 0.15) is 5.82 Å². The third-order valence-corrected chi connectivity index (χ3v) is 5.43. The van der Waals surface area contributed by atoms with Crippen LogP contribution in [0.4, 0.5) is 19.0 Å². The van der Waals surface area contributed by atoms with Gasteiger partial charge in [-0.15, -0.1) is 5.10 Å². The van der Waals surface area contributed by atoms with Crippen molar-refractivity contribution >= 4 is 35.4 Å². The Hall–Kier alpha value is -2.82. The molecule has 0 saturated heterocycles. The van der Waals surface area contributed by atoms with E-state index >= 15 is 0 Å². The minimum absolute atomic E-state index is 0. The predicted octanol–water partition coefficient (Wildman–Crippen LogP) is 4.82. The van der Waals surface area contributed by atoms with Gasteiger partial charge in [-0.25, -0.2) is 15.1 Å². The van der Waals surface area contributed by atoms with E-state index < -0.39 is 12.0 Å². The number of tetrazole rings is 1. The molecule has 7 nitrogen and oxygen atoms in total. The Morgan fingerprint density at radius 2 is 1.66 bits per heavy atom. The van der Waals surface area contributed by atoms with E-state index in [1.54, 1.807) is 6.92 Å². The molecule has 4 aromatic rings. The number of aromatic nitrogens is 6. The number of rotatable bonds is 8. The molecular weight excluding hydrogens is 466 g/mol. The molecule has 2 aromatic carbocycles. The molecule has 2 heterocycles. The molecule has 35 heavy (non-hydrogen) atoms. The average Bonchev–Trinajstić information content (AvgIpc) is 3.38. The van der Waals surface area contributed by atoms with Gasteiger partial charge in [0.25, 0.3) is 0 Å². The summed E-state index contributed by atoms with van der Waals surface area (Å²) in [6.07, 6.45) is -2.80. The number of halogens is 3. The van der Waals surface area contributed by atoms with Crippen LogP contribution in [0.1, 0.15) is 42.9 Å². The summed E-state index contributed by atoms with van der Waals surface area (Å²) >= 11 is 0. The Labute approximate surface area is 223 Å². The van der Waals surface area contributed by atoms with Crippen LogP contribution < -0.4 is 5.32 Å². The average molecular weight is 491 g/mol. The van der Waals surface area contributed by atoms with E-state index in [9.17, 15) is 13.2 Å². The Morgan fingerprint density at radius 1 is 0.943 bits per heavy atom. The van der Waals surface area contributed by atoms with Crippen molar-refractivity contribution in [1.29, 1.82) is 0 Å². The third kappa shape index (κ3) is 6.25. The van der Waals surface area contributed by atoms with Crippen LogP contribution in [-0.4, -0.2) is 60.1 Å². The molecule has 11 heteroatoms. The van der Waals surface area contributed by atoms with Crippen LogP contribution in [0.3, 0.4) is 0 Å². The number of aromatic amines is 1. The fraction of sp³-hybridized carbons (Fsp3) is 0.292. The van der Waals surface area contributed by atoms with Gasteiger partial charge in [-0.05, 0) is 40.0 Å². The molecule has 0 amide bonds. The van der Waals surface area contributed by atoms with Gasteiger partial charge in [0, 0.05) is 23.4 Å². The van der Waals surface area contributed by atoms with Gasteiger partial charge in [-0.2, -0.15) is 13.2 Å². The van der Waals surface area contributed by atoms with Crippen molar-refractivity contribution in [3.8, 4) is 22.5 Å². The Kier molecular flexibility index (Phi) is 8.98. The molecule has 0 saturated carbocycles. The SMILES string of the molecule is CCCc1c(CC)nc(C(F)(F)F)nc1NCc1ccc(-c2ccccc2-c2nnn[nH]2)cc1.[NaH]. The van der Waals surface area contributed by atoms with Gasteiger partial charge in [0.2, 0.25) is 5.82 Å². The summed E-state index contributed by atoms with van der Waals surface area (Å²) in [4.78, 5) is 7.60. The van der Waals surface area contributed by atoms with Crippen molar-refractivity contribution in [2.75, 3.05) is 5.32 Å². The fourth-order valence-electron chi connectivity index (χ4n) is 3.81. The molecule has 0 radical (unpaired) electrons. The van der Waals surface area contributed by atoms with Crippen molar-refractivity contribution in [2.45, 2.75) is 45.8 Å². The molecule has 2 N–H and O–H groups in total. The number of hydrogen-bond acceptors (Lipinski definition) is 6. The van der Waals surface area contributed by atoms with E-state index in [-0.39, 0.29) is 35.4 Å². The first-order valence-electron chi connectivity index (χ1n) is 11.0. The van der Waals surface area contributed by atoms with Gasteiger partial charge in [-0.3, -0.25) is 0 Å². The zero-order chi connectivity index (χ0) is 24.1. The first-order chi connectivity index (χ1) is 16.4. The van der Waals surface area contributed by atoms with Crippen molar-refractivity contribution < 1.29 is 13.2 Å². The fourth-order valence-corrected chi connectivity index (χ4v) is 3.81. The molecule has 0 fully saturated rings. The zero-order valence-electron chi connectivity index (χ0n) is 18.8. The monoisotopic (exact) mass is 491 g/mol. The van der Waals surface area contributed by atoms with E-state index in [1.807, 2.05) is 55.5 Å². The van der Waals surface area contributed by atoms with Crippen LogP contribution in [0.25, 0.3) is 22.5 Å². The second-order valence-corrected chi connectivity index (χ2v) is 7.77. The molecule has 0 aliphatic carbocycles. The standard InChI is InChI=1S/C24H24F3N7.Na.H/c1-3-7-19-20(4-2)29-23(24(25,26)27)30-21(19)28-14-15-10-12-16(13-11-15)17-8-5-6-9-18(17)22-31-33-34-32-22;;/h5-6,8-13H,3-4,7,14H2,1-2H3,(H,28,29,30)(H,31,32,33,34);;. The van der Waals surface area contributed by atoms with Gasteiger partial charge in [0.05, 0.1) is 0 Å². The van der Waals surface area contributed by atoms with E-state index in [4.69, 9.17) is 0 Å². The zero-order valence-corrected chi connectivity index (χ0v) is 18.8. The molecule has 4 rings (SSSR count). The summed E-state index contributed by atoms with van der Waals surface area (Å²) in [6, 6.07) is 15.6. The Bertz CT molecular complexity index is 1240. The molecule has 0 aliphatic rings. The summed E-state index contributed by atoms with van der Waals surface area (Å²) < 4.78 is 40.0. The quantitative estimate of drug-likeness (QED) is 0.344. The summed E-state index contributed by atoms with van der Waals surface area (Å²) in [6.45, 7) is 4.12. The maximum absolute atomic E-state index is 13.3. The van der Waals surface area contributed by atoms with Crippen LogP contribution in [0, 0.1) is 0 Å². The number of alkyl halides is 3. The molecule has 0 atom stereocenters. The second-order valence-electron chi connectivity index (χ2n) is 7.77. The van der Waals surface area contributed by atoms with Gasteiger partial charge in [0.15, 0.2) is 5.82 Å². The number of H-pyrrole nitrogens is 1. The molecule has 0 spiro atoms. The Morgan fingerprint density at radius 3 is 2.26 bits per heavy atom. The third-order valence-electron chi connectivity index (χ3n) is 5.43. The van der Waals surface area contributed by atoms with E-state index in [2.05, 4.69) is 35.9 Å². The molecule has 0 aliphatic heterocycles. The topological polar surface area (TPSA) is 92.3 Å². The summed E-state index contributed by atoms with van der Waals surface area (Å²) in [7, 11) is 0. The van der Waals surface area contributed by atoms with Crippen molar-refractivity contribution in [3.63, 3.8) is 0 Å². The first-order valence-corrected chi connectivity index (χ1v) is 11.0. The van der Waals surface area contributed by atoms with E-state index in [0.717, 1.165) is 34.2 Å². The number of aryl methyl sites for hydroxylation is 1. The molecule has 178 valence electrons. The number of nitrogens with zero attached hydrogens (tertiary/aromatic N) is 5. The minimum atomic E-state index is -4.60. The normalized spacial score (nSPS) is 11.2. The van der Waals surface area contributed by atoms with Gasteiger partial charge < -0.3 is 5.32 Å².